The Morgan fingerprint density at radius 3 is 2.61 bits per heavy atom. The van der Waals surface area contributed by atoms with Crippen LogP contribution in [0.4, 0.5) is 0 Å². The molecule has 0 aromatic heterocycles. The highest BCUT2D eigenvalue weighted by molar-refractivity contribution is 9.10. The van der Waals surface area contributed by atoms with Crippen molar-refractivity contribution in [2.45, 2.75) is 11.4 Å². The maximum absolute atomic E-state index is 5.22. The van der Waals surface area contributed by atoms with Crippen LogP contribution in [0, 0.1) is 0 Å². The van der Waals surface area contributed by atoms with Gasteiger partial charge in [0.25, 0.3) is 0 Å². The molecule has 0 heterocycles. The van der Waals surface area contributed by atoms with E-state index in [0.29, 0.717) is 4.83 Å². The third kappa shape index (κ3) is 5.26. The summed E-state index contributed by atoms with van der Waals surface area (Å²) in [6.07, 6.45) is 0. The molecule has 0 fully saturated rings. The first-order valence-corrected chi connectivity index (χ1v) is 7.41. The molecule has 0 aliphatic rings. The molecule has 1 aromatic rings. The zero-order chi connectivity index (χ0) is 13.5. The van der Waals surface area contributed by atoms with Crippen LogP contribution in [0.25, 0.3) is 0 Å². The Morgan fingerprint density at radius 1 is 1.33 bits per heavy atom. The number of ether oxygens (including phenoxy) is 2. The minimum atomic E-state index is 0.356. The van der Waals surface area contributed by atoms with Gasteiger partial charge in [-0.05, 0) is 40.7 Å². The quantitative estimate of drug-likeness (QED) is 0.677. The van der Waals surface area contributed by atoms with Gasteiger partial charge in [-0.2, -0.15) is 0 Å². The molecule has 0 saturated heterocycles. The first-order chi connectivity index (χ1) is 8.56. The maximum atomic E-state index is 5.22. The Kier molecular flexibility index (Phi) is 7.22. The highest BCUT2D eigenvalue weighted by atomic mass is 79.9. The Labute approximate surface area is 126 Å². The van der Waals surface area contributed by atoms with E-state index in [1.54, 1.807) is 14.2 Å². The highest BCUT2D eigenvalue weighted by Crippen LogP contribution is 2.25. The van der Waals surface area contributed by atoms with Gasteiger partial charge in [0.15, 0.2) is 0 Å². The summed E-state index contributed by atoms with van der Waals surface area (Å²) < 4.78 is 11.3. The fourth-order valence-corrected chi connectivity index (χ4v) is 3.10. The third-order valence-corrected chi connectivity index (χ3v) is 3.70. The van der Waals surface area contributed by atoms with Crippen molar-refractivity contribution in [3.63, 3.8) is 0 Å². The summed E-state index contributed by atoms with van der Waals surface area (Å²) in [5.41, 5.74) is 1.25. The first-order valence-electron chi connectivity index (χ1n) is 5.70. The molecule has 0 radical (unpaired) electrons. The third-order valence-electron chi connectivity index (χ3n) is 2.53. The Hall–Kier alpha value is -0.100. The molecule has 5 heteroatoms. The van der Waals surface area contributed by atoms with Gasteiger partial charge in [-0.1, -0.05) is 22.0 Å². The van der Waals surface area contributed by atoms with E-state index < -0.39 is 0 Å². The zero-order valence-electron chi connectivity index (χ0n) is 11.0. The standard InChI is InChI=1S/C13H19Br2NO2/c1-16(8-11(14)9-17-2)7-10-4-5-13(18-3)12(15)6-10/h4-6,11H,7-9H2,1-3H3. The van der Waals surface area contributed by atoms with E-state index in [1.165, 1.54) is 5.56 Å². The average Bonchev–Trinajstić information content (AvgIpc) is 2.29. The summed E-state index contributed by atoms with van der Waals surface area (Å²) in [7, 11) is 5.49. The van der Waals surface area contributed by atoms with Crippen LogP contribution in [-0.2, 0) is 11.3 Å². The van der Waals surface area contributed by atoms with Crippen molar-refractivity contribution in [3.8, 4) is 5.75 Å². The van der Waals surface area contributed by atoms with Crippen molar-refractivity contribution in [2.75, 3.05) is 34.4 Å². The molecule has 1 aromatic carbocycles. The lowest BCUT2D eigenvalue weighted by Crippen LogP contribution is -2.28. The van der Waals surface area contributed by atoms with Crippen molar-refractivity contribution in [2.24, 2.45) is 0 Å². The van der Waals surface area contributed by atoms with Crippen molar-refractivity contribution in [3.05, 3.63) is 28.2 Å². The molecule has 1 atom stereocenters. The number of halogens is 2. The minimum Gasteiger partial charge on any atom is -0.496 e. The molecule has 3 nitrogen and oxygen atoms in total. The van der Waals surface area contributed by atoms with Crippen LogP contribution >= 0.6 is 31.9 Å². The van der Waals surface area contributed by atoms with Crippen molar-refractivity contribution < 1.29 is 9.47 Å². The summed E-state index contributed by atoms with van der Waals surface area (Å²) in [6.45, 7) is 2.56. The number of rotatable bonds is 7. The van der Waals surface area contributed by atoms with E-state index in [9.17, 15) is 0 Å². The van der Waals surface area contributed by atoms with Crippen LogP contribution in [-0.4, -0.2) is 44.1 Å². The average molecular weight is 381 g/mol. The zero-order valence-corrected chi connectivity index (χ0v) is 14.1. The Balaban J connectivity index is 2.54. The number of hydrogen-bond donors (Lipinski definition) is 0. The predicted molar refractivity (Wildman–Crippen MR) is 81.6 cm³/mol. The number of alkyl halides is 1. The lowest BCUT2D eigenvalue weighted by molar-refractivity contribution is 0.185. The van der Waals surface area contributed by atoms with Gasteiger partial charge in [0, 0.05) is 20.2 Å². The van der Waals surface area contributed by atoms with Gasteiger partial charge in [-0.3, -0.25) is 0 Å². The van der Waals surface area contributed by atoms with E-state index in [4.69, 9.17) is 9.47 Å². The van der Waals surface area contributed by atoms with Crippen LogP contribution in [0.5, 0.6) is 5.75 Å². The number of benzene rings is 1. The second kappa shape index (κ2) is 8.15. The number of hydrogen-bond acceptors (Lipinski definition) is 3. The summed E-state index contributed by atoms with van der Waals surface area (Å²) in [5, 5.41) is 0. The molecule has 0 N–H and O–H groups in total. The molecule has 1 unspecified atom stereocenters. The predicted octanol–water partition coefficient (Wildman–Crippen LogP) is 3.30. The van der Waals surface area contributed by atoms with E-state index in [-0.39, 0.29) is 0 Å². The molecule has 0 spiro atoms. The lowest BCUT2D eigenvalue weighted by atomic mass is 10.2. The topological polar surface area (TPSA) is 21.7 Å². The molecule has 0 aliphatic heterocycles. The first kappa shape index (κ1) is 16.0. The van der Waals surface area contributed by atoms with Gasteiger partial charge in [-0.25, -0.2) is 0 Å². The van der Waals surface area contributed by atoms with Crippen LogP contribution in [0.1, 0.15) is 5.56 Å². The Bertz CT molecular complexity index is 374. The van der Waals surface area contributed by atoms with Gasteiger partial charge in [0.2, 0.25) is 0 Å². The second-order valence-electron chi connectivity index (χ2n) is 4.22. The van der Waals surface area contributed by atoms with Crippen molar-refractivity contribution >= 4 is 31.9 Å². The van der Waals surface area contributed by atoms with Gasteiger partial charge in [0.05, 0.1) is 23.0 Å². The fraction of sp³-hybridized carbons (Fsp3) is 0.538. The maximum Gasteiger partial charge on any atom is 0.133 e. The molecule has 18 heavy (non-hydrogen) atoms. The van der Waals surface area contributed by atoms with Crippen molar-refractivity contribution in [1.82, 2.24) is 4.90 Å². The SMILES string of the molecule is COCC(Br)CN(C)Cc1ccc(OC)c(Br)c1. The molecular formula is C13H19Br2NO2. The molecule has 0 bridgehead atoms. The highest BCUT2D eigenvalue weighted by Gasteiger charge is 2.09. The van der Waals surface area contributed by atoms with Gasteiger partial charge in [-0.15, -0.1) is 0 Å². The minimum absolute atomic E-state index is 0.356. The number of nitrogens with zero attached hydrogens (tertiary/aromatic N) is 1. The molecule has 0 aliphatic carbocycles. The summed E-state index contributed by atoms with van der Waals surface area (Å²) in [4.78, 5) is 2.61. The van der Waals surface area contributed by atoms with Gasteiger partial charge in [0.1, 0.15) is 5.75 Å². The van der Waals surface area contributed by atoms with Crippen molar-refractivity contribution in [1.29, 1.82) is 0 Å². The van der Waals surface area contributed by atoms with Crippen LogP contribution < -0.4 is 4.74 Å². The van der Waals surface area contributed by atoms with Crippen LogP contribution in [0.2, 0.25) is 0 Å². The van der Waals surface area contributed by atoms with E-state index in [0.717, 1.165) is 29.9 Å². The smallest absolute Gasteiger partial charge is 0.133 e. The fourth-order valence-electron chi connectivity index (χ4n) is 1.76. The molecule has 1 rings (SSSR count). The van der Waals surface area contributed by atoms with E-state index in [1.807, 2.05) is 6.07 Å². The summed E-state index contributed by atoms with van der Waals surface area (Å²) in [6, 6.07) is 6.16. The van der Waals surface area contributed by atoms with E-state index >= 15 is 0 Å². The lowest BCUT2D eigenvalue weighted by Gasteiger charge is -2.20. The van der Waals surface area contributed by atoms with Crippen LogP contribution in [0.15, 0.2) is 22.7 Å². The number of methoxy groups -OCH3 is 2. The largest absolute Gasteiger partial charge is 0.496 e. The van der Waals surface area contributed by atoms with Gasteiger partial charge >= 0.3 is 0 Å². The summed E-state index contributed by atoms with van der Waals surface area (Å²) >= 11 is 7.09. The van der Waals surface area contributed by atoms with E-state index in [2.05, 4.69) is 55.9 Å². The summed E-state index contributed by atoms with van der Waals surface area (Å²) in [5.74, 6) is 0.860. The second-order valence-corrected chi connectivity index (χ2v) is 6.37. The molecular weight excluding hydrogens is 362 g/mol. The van der Waals surface area contributed by atoms with Gasteiger partial charge < -0.3 is 14.4 Å². The molecule has 0 saturated carbocycles. The molecule has 0 amide bonds. The molecule has 102 valence electrons. The monoisotopic (exact) mass is 379 g/mol. The normalized spacial score (nSPS) is 12.8. The van der Waals surface area contributed by atoms with Crippen LogP contribution in [0.3, 0.4) is 0 Å². The Morgan fingerprint density at radius 2 is 2.06 bits per heavy atom.